The van der Waals surface area contributed by atoms with Crippen LogP contribution in [-0.2, 0) is 4.79 Å². The highest BCUT2D eigenvalue weighted by Gasteiger charge is 2.11. The average Bonchev–Trinajstić information content (AvgIpc) is 2.04. The smallest absolute Gasteiger partial charge is 0.243 e. The minimum atomic E-state index is -0.00269. The number of carbonyl (C=O) groups is 1. The van der Waals surface area contributed by atoms with Crippen LogP contribution in [-0.4, -0.2) is 12.5 Å². The van der Waals surface area contributed by atoms with Crippen molar-refractivity contribution in [1.82, 2.24) is 0 Å². The van der Waals surface area contributed by atoms with Crippen LogP contribution < -0.4 is 10.6 Å². The van der Waals surface area contributed by atoms with Crippen molar-refractivity contribution in [3.8, 4) is 0 Å². The Hall–Kier alpha value is -1.51. The van der Waals surface area contributed by atoms with E-state index < -0.39 is 0 Å². The first kappa shape index (κ1) is 6.22. The van der Waals surface area contributed by atoms with Crippen molar-refractivity contribution in [1.29, 1.82) is 0 Å². The van der Waals surface area contributed by atoms with Crippen LogP contribution in [0, 0.1) is 6.07 Å². The summed E-state index contributed by atoms with van der Waals surface area (Å²) in [5, 5.41) is 5.67. The molecule has 1 aliphatic rings. The lowest BCUT2D eigenvalue weighted by atomic mass is 10.2. The minimum absolute atomic E-state index is 0.00269. The molecule has 0 atom stereocenters. The van der Waals surface area contributed by atoms with Gasteiger partial charge in [0.2, 0.25) is 5.91 Å². The maximum atomic E-state index is 10.8. The topological polar surface area (TPSA) is 41.1 Å². The molecule has 0 bridgehead atoms. The third-order valence-electron chi connectivity index (χ3n) is 1.56. The van der Waals surface area contributed by atoms with Crippen molar-refractivity contribution in [2.45, 2.75) is 0 Å². The standard InChI is InChI=1S/C8H7N2O/c11-8-5-9-6-3-1-2-4-7(6)10-8/h1-2,4,9H,5H2,(H,10,11). The number of nitrogens with one attached hydrogen (secondary N) is 2. The molecule has 2 rings (SSSR count). The van der Waals surface area contributed by atoms with Crippen molar-refractivity contribution < 1.29 is 4.79 Å². The molecule has 0 aliphatic carbocycles. The molecule has 3 nitrogen and oxygen atoms in total. The number of amides is 1. The Morgan fingerprint density at radius 3 is 3.36 bits per heavy atom. The van der Waals surface area contributed by atoms with Gasteiger partial charge in [0.05, 0.1) is 17.9 Å². The molecule has 0 saturated carbocycles. The number of hydrogen-bond donors (Lipinski definition) is 2. The fourth-order valence-electron chi connectivity index (χ4n) is 1.05. The van der Waals surface area contributed by atoms with E-state index in [2.05, 4.69) is 16.7 Å². The maximum Gasteiger partial charge on any atom is 0.243 e. The Bertz CT molecular complexity index is 296. The molecule has 0 aromatic heterocycles. The van der Waals surface area contributed by atoms with Gasteiger partial charge < -0.3 is 10.6 Å². The van der Waals surface area contributed by atoms with Crippen LogP contribution in [0.2, 0.25) is 0 Å². The van der Waals surface area contributed by atoms with Crippen molar-refractivity contribution in [3.63, 3.8) is 0 Å². The van der Waals surface area contributed by atoms with Gasteiger partial charge in [0.1, 0.15) is 0 Å². The van der Waals surface area contributed by atoms with Gasteiger partial charge in [0.15, 0.2) is 0 Å². The number of para-hydroxylation sites is 1. The average molecular weight is 147 g/mol. The van der Waals surface area contributed by atoms with Gasteiger partial charge in [-0.1, -0.05) is 12.1 Å². The summed E-state index contributed by atoms with van der Waals surface area (Å²) in [6, 6.07) is 8.47. The van der Waals surface area contributed by atoms with Gasteiger partial charge in [-0.05, 0) is 6.07 Å². The summed E-state index contributed by atoms with van der Waals surface area (Å²) in [6.45, 7) is 0.341. The Morgan fingerprint density at radius 1 is 1.55 bits per heavy atom. The van der Waals surface area contributed by atoms with E-state index in [0.717, 1.165) is 11.4 Å². The molecule has 11 heavy (non-hydrogen) atoms. The SMILES string of the molecule is O=C1CNc2[c]cccc2N1. The number of rotatable bonds is 0. The molecule has 1 amide bonds. The van der Waals surface area contributed by atoms with Crippen LogP contribution in [0.1, 0.15) is 0 Å². The minimum Gasteiger partial charge on any atom is -0.374 e. The Balaban J connectivity index is 2.41. The monoisotopic (exact) mass is 147 g/mol. The van der Waals surface area contributed by atoms with Gasteiger partial charge in [0, 0.05) is 6.07 Å². The van der Waals surface area contributed by atoms with E-state index >= 15 is 0 Å². The summed E-state index contributed by atoms with van der Waals surface area (Å²) in [5.41, 5.74) is 1.68. The van der Waals surface area contributed by atoms with Crippen LogP contribution >= 0.6 is 0 Å². The van der Waals surface area contributed by atoms with Crippen molar-refractivity contribution >= 4 is 17.3 Å². The molecule has 1 aromatic rings. The summed E-state index contributed by atoms with van der Waals surface area (Å²) >= 11 is 0. The lowest BCUT2D eigenvalue weighted by Crippen LogP contribution is -2.27. The zero-order valence-corrected chi connectivity index (χ0v) is 5.85. The molecule has 3 heteroatoms. The molecule has 0 spiro atoms. The summed E-state index contributed by atoms with van der Waals surface area (Å²) < 4.78 is 0. The quantitative estimate of drug-likeness (QED) is 0.571. The first-order valence-electron chi connectivity index (χ1n) is 3.41. The molecule has 0 unspecified atom stereocenters. The second-order valence-corrected chi connectivity index (χ2v) is 2.36. The molecular weight excluding hydrogens is 140 g/mol. The lowest BCUT2D eigenvalue weighted by Gasteiger charge is -2.17. The number of fused-ring (bicyclic) bond motifs is 1. The second kappa shape index (κ2) is 2.27. The van der Waals surface area contributed by atoms with Crippen molar-refractivity contribution in [3.05, 3.63) is 24.3 Å². The highest BCUT2D eigenvalue weighted by molar-refractivity contribution is 6.00. The highest BCUT2D eigenvalue weighted by Crippen LogP contribution is 2.22. The molecular formula is C8H7N2O. The van der Waals surface area contributed by atoms with Crippen LogP contribution in [0.3, 0.4) is 0 Å². The Kier molecular flexibility index (Phi) is 1.28. The zero-order valence-electron chi connectivity index (χ0n) is 5.85. The molecule has 0 saturated heterocycles. The van der Waals surface area contributed by atoms with Crippen LogP contribution in [0.5, 0.6) is 0 Å². The van der Waals surface area contributed by atoms with Crippen LogP contribution in [0.15, 0.2) is 18.2 Å². The maximum absolute atomic E-state index is 10.8. The molecule has 55 valence electrons. The van der Waals surface area contributed by atoms with E-state index in [1.54, 1.807) is 0 Å². The highest BCUT2D eigenvalue weighted by atomic mass is 16.2. The predicted molar refractivity (Wildman–Crippen MR) is 42.4 cm³/mol. The number of hydrogen-bond acceptors (Lipinski definition) is 2. The molecule has 1 aliphatic heterocycles. The van der Waals surface area contributed by atoms with Gasteiger partial charge >= 0.3 is 0 Å². The summed E-state index contributed by atoms with van der Waals surface area (Å²) in [7, 11) is 0. The number of benzene rings is 1. The predicted octanol–water partition coefficient (Wildman–Crippen LogP) is 0.851. The van der Waals surface area contributed by atoms with E-state index in [4.69, 9.17) is 0 Å². The van der Waals surface area contributed by atoms with Gasteiger partial charge in [0.25, 0.3) is 0 Å². The molecule has 0 fully saturated rings. The normalized spacial score (nSPS) is 14.7. The second-order valence-electron chi connectivity index (χ2n) is 2.36. The Morgan fingerprint density at radius 2 is 2.45 bits per heavy atom. The van der Waals surface area contributed by atoms with E-state index in [1.165, 1.54) is 0 Å². The third-order valence-corrected chi connectivity index (χ3v) is 1.56. The van der Waals surface area contributed by atoms with E-state index in [0.29, 0.717) is 6.54 Å². The van der Waals surface area contributed by atoms with E-state index in [-0.39, 0.29) is 5.91 Å². The van der Waals surface area contributed by atoms with Gasteiger partial charge in [-0.15, -0.1) is 0 Å². The summed E-state index contributed by atoms with van der Waals surface area (Å²) in [5.74, 6) is -0.00269. The lowest BCUT2D eigenvalue weighted by molar-refractivity contribution is -0.114. The number of carbonyl (C=O) groups excluding carboxylic acids is 1. The van der Waals surface area contributed by atoms with Gasteiger partial charge in [-0.3, -0.25) is 4.79 Å². The fourth-order valence-corrected chi connectivity index (χ4v) is 1.05. The van der Waals surface area contributed by atoms with Gasteiger partial charge in [-0.2, -0.15) is 0 Å². The molecule has 1 heterocycles. The van der Waals surface area contributed by atoms with Crippen LogP contribution in [0.25, 0.3) is 0 Å². The number of anilines is 2. The van der Waals surface area contributed by atoms with Crippen LogP contribution in [0.4, 0.5) is 11.4 Å². The summed E-state index contributed by atoms with van der Waals surface area (Å²) in [4.78, 5) is 10.8. The van der Waals surface area contributed by atoms with E-state index in [9.17, 15) is 4.79 Å². The van der Waals surface area contributed by atoms with Crippen molar-refractivity contribution in [2.24, 2.45) is 0 Å². The Labute approximate surface area is 64.4 Å². The molecule has 1 aromatic carbocycles. The molecule has 1 radical (unpaired) electrons. The summed E-state index contributed by atoms with van der Waals surface area (Å²) in [6.07, 6.45) is 0. The zero-order chi connectivity index (χ0) is 7.68. The fraction of sp³-hybridized carbons (Fsp3) is 0.125. The molecule has 2 N–H and O–H groups in total. The first-order valence-corrected chi connectivity index (χ1v) is 3.41. The largest absolute Gasteiger partial charge is 0.374 e. The third kappa shape index (κ3) is 1.05. The van der Waals surface area contributed by atoms with E-state index in [1.807, 2.05) is 18.2 Å². The van der Waals surface area contributed by atoms with Crippen molar-refractivity contribution in [2.75, 3.05) is 17.2 Å². The van der Waals surface area contributed by atoms with Gasteiger partial charge in [-0.25, -0.2) is 0 Å². The first-order chi connectivity index (χ1) is 5.36.